The molecule has 0 aliphatic carbocycles. The van der Waals surface area contributed by atoms with E-state index in [0.717, 1.165) is 17.8 Å². The number of alkyl halides is 3. The van der Waals surface area contributed by atoms with Crippen LogP contribution in [0.4, 0.5) is 19.1 Å². The molecule has 0 N–H and O–H groups in total. The zero-order valence-corrected chi connectivity index (χ0v) is 15.1. The fourth-order valence-corrected chi connectivity index (χ4v) is 3.33. The molecule has 1 fully saturated rings. The van der Waals surface area contributed by atoms with E-state index in [-0.39, 0.29) is 5.91 Å². The van der Waals surface area contributed by atoms with Gasteiger partial charge in [0.1, 0.15) is 0 Å². The minimum absolute atomic E-state index is 0.0474. The predicted molar refractivity (Wildman–Crippen MR) is 97.3 cm³/mol. The lowest BCUT2D eigenvalue weighted by atomic mass is 10.1. The van der Waals surface area contributed by atoms with Crippen LogP contribution in [0, 0.1) is 6.92 Å². The molecule has 1 aliphatic heterocycles. The first kappa shape index (κ1) is 18.3. The highest BCUT2D eigenvalue weighted by atomic mass is 19.4. The third-order valence-electron chi connectivity index (χ3n) is 4.83. The lowest BCUT2D eigenvalue weighted by Crippen LogP contribution is -2.49. The van der Waals surface area contributed by atoms with E-state index >= 15 is 0 Å². The van der Waals surface area contributed by atoms with Gasteiger partial charge in [-0.2, -0.15) is 13.2 Å². The summed E-state index contributed by atoms with van der Waals surface area (Å²) in [5.74, 6) is 0.303. The Kier molecular flexibility index (Phi) is 4.44. The van der Waals surface area contributed by atoms with Crippen molar-refractivity contribution < 1.29 is 18.0 Å². The number of rotatable bonds is 2. The van der Waals surface area contributed by atoms with Gasteiger partial charge >= 0.3 is 6.18 Å². The maximum atomic E-state index is 13.0. The number of hydrogen-bond acceptors (Lipinski definition) is 4. The number of benzene rings is 1. The SMILES string of the molecule is Cc1cccc(C(=O)N2CCN(c3nnc4ccc(C(F)(F)F)cn34)CC2)c1. The van der Waals surface area contributed by atoms with Gasteiger partial charge < -0.3 is 9.80 Å². The molecular weight excluding hydrogens is 371 g/mol. The zero-order valence-electron chi connectivity index (χ0n) is 15.1. The molecule has 0 radical (unpaired) electrons. The maximum absolute atomic E-state index is 13.0. The van der Waals surface area contributed by atoms with Crippen LogP contribution < -0.4 is 4.90 Å². The molecule has 0 bridgehead atoms. The highest BCUT2D eigenvalue weighted by Crippen LogP contribution is 2.30. The van der Waals surface area contributed by atoms with Gasteiger partial charge in [0, 0.05) is 37.9 Å². The Balaban J connectivity index is 1.51. The number of pyridine rings is 1. The van der Waals surface area contributed by atoms with E-state index in [4.69, 9.17) is 0 Å². The standard InChI is InChI=1S/C19H18F3N5O/c1-13-3-2-4-14(11-13)17(28)25-7-9-26(10-8-25)18-24-23-16-6-5-15(12-27(16)18)19(20,21)22/h2-6,11-12H,7-10H2,1H3. The van der Waals surface area contributed by atoms with E-state index in [9.17, 15) is 18.0 Å². The van der Waals surface area contributed by atoms with E-state index < -0.39 is 11.7 Å². The van der Waals surface area contributed by atoms with Crippen molar-refractivity contribution in [3.8, 4) is 0 Å². The van der Waals surface area contributed by atoms with Crippen LogP contribution >= 0.6 is 0 Å². The Morgan fingerprint density at radius 2 is 1.79 bits per heavy atom. The number of carbonyl (C=O) groups excluding carboxylic acids is 1. The van der Waals surface area contributed by atoms with Crippen LogP contribution in [-0.4, -0.2) is 51.6 Å². The number of piperazine rings is 1. The van der Waals surface area contributed by atoms with Crippen molar-refractivity contribution >= 4 is 17.5 Å². The van der Waals surface area contributed by atoms with Crippen LogP contribution in [0.1, 0.15) is 21.5 Å². The summed E-state index contributed by atoms with van der Waals surface area (Å²) in [7, 11) is 0. The van der Waals surface area contributed by atoms with Gasteiger partial charge in [0.05, 0.1) is 5.56 Å². The molecule has 3 aromatic rings. The highest BCUT2D eigenvalue weighted by molar-refractivity contribution is 5.94. The molecule has 3 heterocycles. The fourth-order valence-electron chi connectivity index (χ4n) is 3.33. The van der Waals surface area contributed by atoms with Crippen LogP contribution in [0.3, 0.4) is 0 Å². The molecule has 6 nitrogen and oxygen atoms in total. The molecule has 2 aromatic heterocycles. The van der Waals surface area contributed by atoms with Crippen molar-refractivity contribution in [2.24, 2.45) is 0 Å². The van der Waals surface area contributed by atoms with E-state index in [1.165, 1.54) is 10.5 Å². The first-order chi connectivity index (χ1) is 13.3. The Morgan fingerprint density at radius 3 is 2.46 bits per heavy atom. The van der Waals surface area contributed by atoms with Crippen molar-refractivity contribution in [1.82, 2.24) is 19.5 Å². The Bertz CT molecular complexity index is 1020. The average Bonchev–Trinajstić information content (AvgIpc) is 3.10. The molecule has 0 saturated carbocycles. The normalized spacial score (nSPS) is 15.3. The quantitative estimate of drug-likeness (QED) is 0.676. The summed E-state index contributed by atoms with van der Waals surface area (Å²) < 4.78 is 40.4. The van der Waals surface area contributed by atoms with Crippen LogP contribution in [0.25, 0.3) is 5.65 Å². The molecule has 146 valence electrons. The van der Waals surface area contributed by atoms with Crippen LogP contribution in [0.5, 0.6) is 0 Å². The number of aryl methyl sites for hydroxylation is 1. The summed E-state index contributed by atoms with van der Waals surface area (Å²) in [6.07, 6.45) is -3.43. The number of nitrogens with zero attached hydrogens (tertiary/aromatic N) is 5. The van der Waals surface area contributed by atoms with Crippen molar-refractivity contribution in [1.29, 1.82) is 0 Å². The van der Waals surface area contributed by atoms with Gasteiger partial charge in [-0.25, -0.2) is 0 Å². The Hall–Kier alpha value is -3.10. The summed E-state index contributed by atoms with van der Waals surface area (Å²) in [4.78, 5) is 16.3. The van der Waals surface area contributed by atoms with Gasteiger partial charge in [-0.15, -0.1) is 10.2 Å². The molecule has 0 atom stereocenters. The summed E-state index contributed by atoms with van der Waals surface area (Å²) in [6, 6.07) is 9.70. The molecule has 0 unspecified atom stereocenters. The third-order valence-corrected chi connectivity index (χ3v) is 4.83. The summed E-state index contributed by atoms with van der Waals surface area (Å²) in [6.45, 7) is 3.78. The number of halogens is 3. The second-order valence-electron chi connectivity index (χ2n) is 6.79. The smallest absolute Gasteiger partial charge is 0.337 e. The van der Waals surface area contributed by atoms with E-state index in [1.807, 2.05) is 30.0 Å². The Labute approximate surface area is 159 Å². The number of hydrogen-bond donors (Lipinski definition) is 0. The van der Waals surface area contributed by atoms with Crippen LogP contribution in [0.15, 0.2) is 42.6 Å². The van der Waals surface area contributed by atoms with Gasteiger partial charge in [-0.05, 0) is 31.2 Å². The Morgan fingerprint density at radius 1 is 1.04 bits per heavy atom. The van der Waals surface area contributed by atoms with Gasteiger partial charge in [-0.3, -0.25) is 9.20 Å². The minimum Gasteiger partial charge on any atom is -0.337 e. The van der Waals surface area contributed by atoms with Crippen LogP contribution in [0.2, 0.25) is 0 Å². The first-order valence-electron chi connectivity index (χ1n) is 8.86. The molecule has 28 heavy (non-hydrogen) atoms. The monoisotopic (exact) mass is 389 g/mol. The number of anilines is 1. The molecule has 0 spiro atoms. The maximum Gasteiger partial charge on any atom is 0.417 e. The lowest BCUT2D eigenvalue weighted by Gasteiger charge is -2.34. The lowest BCUT2D eigenvalue weighted by molar-refractivity contribution is -0.137. The number of fused-ring (bicyclic) bond motifs is 1. The van der Waals surface area contributed by atoms with Crippen molar-refractivity contribution in [3.63, 3.8) is 0 Å². The van der Waals surface area contributed by atoms with E-state index in [2.05, 4.69) is 10.2 Å². The van der Waals surface area contributed by atoms with Crippen molar-refractivity contribution in [2.45, 2.75) is 13.1 Å². The molecule has 4 rings (SSSR count). The number of carbonyl (C=O) groups is 1. The molecule has 1 aliphatic rings. The summed E-state index contributed by atoms with van der Waals surface area (Å²) in [5, 5.41) is 8.00. The van der Waals surface area contributed by atoms with Gasteiger partial charge in [0.15, 0.2) is 5.65 Å². The van der Waals surface area contributed by atoms with E-state index in [0.29, 0.717) is 43.3 Å². The number of aromatic nitrogens is 3. The molecule has 1 aromatic carbocycles. The summed E-state index contributed by atoms with van der Waals surface area (Å²) >= 11 is 0. The van der Waals surface area contributed by atoms with E-state index in [1.54, 1.807) is 11.0 Å². The minimum atomic E-state index is -4.44. The average molecular weight is 389 g/mol. The summed E-state index contributed by atoms with van der Waals surface area (Å²) in [5.41, 5.74) is 1.24. The van der Waals surface area contributed by atoms with Gasteiger partial charge in [0.25, 0.3) is 5.91 Å². The second kappa shape index (κ2) is 6.81. The largest absolute Gasteiger partial charge is 0.417 e. The van der Waals surface area contributed by atoms with Crippen molar-refractivity contribution in [3.05, 3.63) is 59.3 Å². The predicted octanol–water partition coefficient (Wildman–Crippen LogP) is 3.02. The molecule has 1 amide bonds. The molecule has 1 saturated heterocycles. The fraction of sp³-hybridized carbons (Fsp3) is 0.316. The number of amides is 1. The zero-order chi connectivity index (χ0) is 19.9. The molecule has 9 heteroatoms. The second-order valence-corrected chi connectivity index (χ2v) is 6.79. The van der Waals surface area contributed by atoms with Crippen molar-refractivity contribution in [2.75, 3.05) is 31.1 Å². The van der Waals surface area contributed by atoms with Gasteiger partial charge in [0.2, 0.25) is 5.95 Å². The highest BCUT2D eigenvalue weighted by Gasteiger charge is 2.32. The topological polar surface area (TPSA) is 53.7 Å². The third kappa shape index (κ3) is 3.39. The molecular formula is C19H18F3N5O. The first-order valence-corrected chi connectivity index (χ1v) is 8.86. The van der Waals surface area contributed by atoms with Crippen LogP contribution in [-0.2, 0) is 6.18 Å². The van der Waals surface area contributed by atoms with Gasteiger partial charge in [-0.1, -0.05) is 17.7 Å².